The standard InChI is InChI=1S/C18H21NO/c1-3-8-16-17(19-2)15-12-7-11-14(18(15)20-16)13-9-5-4-6-10-13/h4-7,9-12,16-17,19H,3,8H2,1-2H3. The quantitative estimate of drug-likeness (QED) is 0.897. The van der Waals surface area contributed by atoms with E-state index in [1.54, 1.807) is 0 Å². The Balaban J connectivity index is 2.04. The summed E-state index contributed by atoms with van der Waals surface area (Å²) in [4.78, 5) is 0. The molecule has 0 radical (unpaired) electrons. The van der Waals surface area contributed by atoms with Gasteiger partial charge in [-0.25, -0.2) is 0 Å². The first-order valence-corrected chi connectivity index (χ1v) is 7.37. The molecule has 0 bridgehead atoms. The highest BCUT2D eigenvalue weighted by Gasteiger charge is 2.34. The minimum absolute atomic E-state index is 0.241. The van der Waals surface area contributed by atoms with Gasteiger partial charge in [0.2, 0.25) is 0 Å². The Kier molecular flexibility index (Phi) is 3.75. The maximum atomic E-state index is 6.27. The number of fused-ring (bicyclic) bond motifs is 1. The van der Waals surface area contributed by atoms with Crippen molar-refractivity contribution in [3.05, 3.63) is 54.1 Å². The van der Waals surface area contributed by atoms with E-state index in [1.807, 2.05) is 13.1 Å². The van der Waals surface area contributed by atoms with Crippen molar-refractivity contribution in [3.63, 3.8) is 0 Å². The second kappa shape index (κ2) is 5.68. The Morgan fingerprint density at radius 3 is 2.55 bits per heavy atom. The molecule has 1 aliphatic rings. The van der Waals surface area contributed by atoms with Crippen LogP contribution in [0.4, 0.5) is 0 Å². The maximum Gasteiger partial charge on any atom is 0.132 e. The molecule has 2 unspecified atom stereocenters. The summed E-state index contributed by atoms with van der Waals surface area (Å²) in [6.07, 6.45) is 2.45. The summed E-state index contributed by atoms with van der Waals surface area (Å²) in [5.74, 6) is 1.05. The van der Waals surface area contributed by atoms with Crippen LogP contribution in [0.15, 0.2) is 48.5 Å². The van der Waals surface area contributed by atoms with Gasteiger partial charge in [-0.2, -0.15) is 0 Å². The number of para-hydroxylation sites is 1. The number of rotatable bonds is 4. The van der Waals surface area contributed by atoms with Crippen molar-refractivity contribution in [1.82, 2.24) is 5.32 Å². The Labute approximate surface area is 120 Å². The van der Waals surface area contributed by atoms with E-state index in [4.69, 9.17) is 4.74 Å². The first-order chi connectivity index (χ1) is 9.85. The number of hydrogen-bond acceptors (Lipinski definition) is 2. The van der Waals surface area contributed by atoms with Crippen molar-refractivity contribution >= 4 is 0 Å². The fraction of sp³-hybridized carbons (Fsp3) is 0.333. The van der Waals surface area contributed by atoms with E-state index in [9.17, 15) is 0 Å². The van der Waals surface area contributed by atoms with E-state index in [1.165, 1.54) is 16.7 Å². The number of likely N-dealkylation sites (N-methyl/N-ethyl adjacent to an activating group) is 1. The van der Waals surface area contributed by atoms with Gasteiger partial charge in [0, 0.05) is 11.1 Å². The lowest BCUT2D eigenvalue weighted by Crippen LogP contribution is -2.28. The van der Waals surface area contributed by atoms with Crippen molar-refractivity contribution in [1.29, 1.82) is 0 Å². The molecular weight excluding hydrogens is 246 g/mol. The lowest BCUT2D eigenvalue weighted by Gasteiger charge is -2.17. The van der Waals surface area contributed by atoms with Gasteiger partial charge in [-0.1, -0.05) is 61.9 Å². The van der Waals surface area contributed by atoms with Crippen molar-refractivity contribution in [3.8, 4) is 16.9 Å². The van der Waals surface area contributed by atoms with Gasteiger partial charge >= 0.3 is 0 Å². The number of nitrogens with one attached hydrogen (secondary N) is 1. The van der Waals surface area contributed by atoms with E-state index < -0.39 is 0 Å². The van der Waals surface area contributed by atoms with Gasteiger partial charge < -0.3 is 10.1 Å². The van der Waals surface area contributed by atoms with Gasteiger partial charge in [-0.05, 0) is 19.0 Å². The summed E-state index contributed by atoms with van der Waals surface area (Å²) in [5.41, 5.74) is 3.70. The molecule has 0 saturated carbocycles. The van der Waals surface area contributed by atoms with Crippen LogP contribution in [-0.2, 0) is 0 Å². The molecule has 0 aromatic heterocycles. The van der Waals surface area contributed by atoms with Gasteiger partial charge in [0.1, 0.15) is 11.9 Å². The van der Waals surface area contributed by atoms with E-state index in [-0.39, 0.29) is 6.10 Å². The summed E-state index contributed by atoms with van der Waals surface area (Å²) < 4.78 is 6.27. The van der Waals surface area contributed by atoms with Gasteiger partial charge in [-0.3, -0.25) is 0 Å². The molecule has 0 spiro atoms. The molecule has 2 aromatic carbocycles. The minimum atomic E-state index is 0.241. The highest BCUT2D eigenvalue weighted by Crippen LogP contribution is 2.44. The molecule has 0 aliphatic carbocycles. The second-order valence-electron chi connectivity index (χ2n) is 5.30. The van der Waals surface area contributed by atoms with Crippen molar-refractivity contribution in [2.24, 2.45) is 0 Å². The Morgan fingerprint density at radius 2 is 1.85 bits per heavy atom. The van der Waals surface area contributed by atoms with Crippen LogP contribution in [0.2, 0.25) is 0 Å². The van der Waals surface area contributed by atoms with Crippen LogP contribution in [-0.4, -0.2) is 13.2 Å². The van der Waals surface area contributed by atoms with Crippen LogP contribution >= 0.6 is 0 Å². The summed E-state index contributed by atoms with van der Waals surface area (Å²) in [7, 11) is 2.01. The third kappa shape index (κ3) is 2.20. The number of ether oxygens (including phenoxy) is 1. The fourth-order valence-corrected chi connectivity index (χ4v) is 3.05. The summed E-state index contributed by atoms with van der Waals surface area (Å²) >= 11 is 0. The molecule has 0 saturated heterocycles. The van der Waals surface area contributed by atoms with Crippen molar-refractivity contribution in [2.75, 3.05) is 7.05 Å². The third-order valence-electron chi connectivity index (χ3n) is 3.99. The molecule has 3 rings (SSSR count). The molecule has 20 heavy (non-hydrogen) atoms. The van der Waals surface area contributed by atoms with Gasteiger partial charge in [-0.15, -0.1) is 0 Å². The topological polar surface area (TPSA) is 21.3 Å². The molecule has 1 aliphatic heterocycles. The molecule has 1 N–H and O–H groups in total. The van der Waals surface area contributed by atoms with E-state index >= 15 is 0 Å². The Morgan fingerprint density at radius 1 is 1.05 bits per heavy atom. The molecule has 2 nitrogen and oxygen atoms in total. The van der Waals surface area contributed by atoms with E-state index in [0.29, 0.717) is 6.04 Å². The second-order valence-corrected chi connectivity index (χ2v) is 5.30. The summed E-state index contributed by atoms with van der Waals surface area (Å²) in [5, 5.41) is 3.41. The van der Waals surface area contributed by atoms with Gasteiger partial charge in [0.05, 0.1) is 6.04 Å². The summed E-state index contributed by atoms with van der Waals surface area (Å²) in [6.45, 7) is 2.21. The minimum Gasteiger partial charge on any atom is -0.487 e. The molecule has 104 valence electrons. The Hall–Kier alpha value is -1.80. The van der Waals surface area contributed by atoms with Crippen LogP contribution in [0.5, 0.6) is 5.75 Å². The molecule has 0 fully saturated rings. The lowest BCUT2D eigenvalue weighted by atomic mass is 9.97. The van der Waals surface area contributed by atoms with Crippen molar-refractivity contribution < 1.29 is 4.74 Å². The molecule has 2 heteroatoms. The normalized spacial score (nSPS) is 20.5. The van der Waals surface area contributed by atoms with E-state index in [0.717, 1.165) is 18.6 Å². The lowest BCUT2D eigenvalue weighted by molar-refractivity contribution is 0.183. The zero-order valence-corrected chi connectivity index (χ0v) is 12.1. The molecule has 2 atom stereocenters. The highest BCUT2D eigenvalue weighted by molar-refractivity contribution is 5.73. The van der Waals surface area contributed by atoms with Crippen molar-refractivity contribution in [2.45, 2.75) is 31.9 Å². The van der Waals surface area contributed by atoms with Crippen LogP contribution in [0.25, 0.3) is 11.1 Å². The Bertz CT molecular complexity index is 579. The molecule has 0 amide bonds. The molecule has 2 aromatic rings. The fourth-order valence-electron chi connectivity index (χ4n) is 3.05. The zero-order valence-electron chi connectivity index (χ0n) is 12.1. The van der Waals surface area contributed by atoms with Gasteiger partial charge in [0.15, 0.2) is 0 Å². The van der Waals surface area contributed by atoms with Crippen LogP contribution < -0.4 is 10.1 Å². The first-order valence-electron chi connectivity index (χ1n) is 7.37. The average Bonchev–Trinajstić information content (AvgIpc) is 2.85. The van der Waals surface area contributed by atoms with Crippen LogP contribution in [0.1, 0.15) is 31.4 Å². The monoisotopic (exact) mass is 267 g/mol. The maximum absolute atomic E-state index is 6.27. The summed E-state index contributed by atoms with van der Waals surface area (Å²) in [6, 6.07) is 17.2. The van der Waals surface area contributed by atoms with E-state index in [2.05, 4.69) is 54.7 Å². The largest absolute Gasteiger partial charge is 0.487 e. The predicted molar refractivity (Wildman–Crippen MR) is 83.0 cm³/mol. The number of hydrogen-bond donors (Lipinski definition) is 1. The molecule has 1 heterocycles. The predicted octanol–water partition coefficient (Wildman–Crippen LogP) is 4.18. The average molecular weight is 267 g/mol. The smallest absolute Gasteiger partial charge is 0.132 e. The SMILES string of the molecule is CCCC1Oc2c(-c3ccccc3)cccc2C1NC. The van der Waals surface area contributed by atoms with Crippen LogP contribution in [0, 0.1) is 0 Å². The van der Waals surface area contributed by atoms with Crippen LogP contribution in [0.3, 0.4) is 0 Å². The molecular formula is C18H21NO. The zero-order chi connectivity index (χ0) is 13.9. The first kappa shape index (κ1) is 13.2. The van der Waals surface area contributed by atoms with Gasteiger partial charge in [0.25, 0.3) is 0 Å². The number of benzene rings is 2. The third-order valence-corrected chi connectivity index (χ3v) is 3.99. The highest BCUT2D eigenvalue weighted by atomic mass is 16.5.